The van der Waals surface area contributed by atoms with Gasteiger partial charge in [0, 0.05) is 11.5 Å². The van der Waals surface area contributed by atoms with E-state index < -0.39 is 44.9 Å². The predicted octanol–water partition coefficient (Wildman–Crippen LogP) is 11.6. The molecule has 4 aromatic rings. The second-order valence-electron chi connectivity index (χ2n) is 14.1. The minimum Gasteiger partial charge on any atom is -0.207 e. The fourth-order valence-electron chi connectivity index (χ4n) is 6.56. The van der Waals surface area contributed by atoms with E-state index in [-0.39, 0.29) is 11.6 Å². The standard InChI is InChI=1S/C39H42F6/c1-25-22-28(11-16-32(25)42)38(6,19-18-36(2,3)31-15-14-30(41)24-34(31)44)20-21-39(7,26-8-12-29(40)13-9-26)37(4,5)27-10-17-33(43)35(45)23-27/h8-17,22-24H,18-21H2,1-7H3/t38-,39+/m0/s1. The molecule has 0 fully saturated rings. The van der Waals surface area contributed by atoms with E-state index in [0.717, 1.165) is 23.3 Å². The zero-order valence-corrected chi connectivity index (χ0v) is 27.1. The Morgan fingerprint density at radius 1 is 0.467 bits per heavy atom. The van der Waals surface area contributed by atoms with E-state index in [4.69, 9.17) is 0 Å². The smallest absolute Gasteiger partial charge is 0.159 e. The lowest BCUT2D eigenvalue weighted by Crippen LogP contribution is -2.44. The largest absolute Gasteiger partial charge is 0.207 e. The molecule has 0 nitrogen and oxygen atoms in total. The maximum Gasteiger partial charge on any atom is 0.159 e. The average Bonchev–Trinajstić information content (AvgIpc) is 2.97. The molecule has 0 spiro atoms. The fourth-order valence-corrected chi connectivity index (χ4v) is 6.56. The summed E-state index contributed by atoms with van der Waals surface area (Å²) in [5.74, 6) is -3.81. The van der Waals surface area contributed by atoms with Gasteiger partial charge in [-0.3, -0.25) is 0 Å². The predicted molar refractivity (Wildman–Crippen MR) is 169 cm³/mol. The summed E-state index contributed by atoms with van der Waals surface area (Å²) in [7, 11) is 0. The summed E-state index contributed by atoms with van der Waals surface area (Å²) in [6.07, 6.45) is 2.26. The summed E-state index contributed by atoms with van der Waals surface area (Å²) >= 11 is 0. The molecule has 0 aliphatic heterocycles. The van der Waals surface area contributed by atoms with E-state index in [1.807, 2.05) is 33.8 Å². The third-order valence-corrected chi connectivity index (χ3v) is 10.5. The van der Waals surface area contributed by atoms with Crippen LogP contribution in [0.2, 0.25) is 0 Å². The van der Waals surface area contributed by atoms with Crippen molar-refractivity contribution in [3.63, 3.8) is 0 Å². The second kappa shape index (κ2) is 12.7. The molecule has 45 heavy (non-hydrogen) atoms. The van der Waals surface area contributed by atoms with Crippen LogP contribution in [0, 0.1) is 41.8 Å². The van der Waals surface area contributed by atoms with Gasteiger partial charge in [0.25, 0.3) is 0 Å². The summed E-state index contributed by atoms with van der Waals surface area (Å²) in [5, 5.41) is 0. The van der Waals surface area contributed by atoms with Crippen LogP contribution in [0.3, 0.4) is 0 Å². The van der Waals surface area contributed by atoms with Crippen LogP contribution in [0.1, 0.15) is 95.0 Å². The molecular formula is C39H42F6. The first kappa shape index (κ1) is 34.3. The van der Waals surface area contributed by atoms with Crippen molar-refractivity contribution in [3.8, 4) is 0 Å². The number of aryl methyl sites for hydroxylation is 1. The van der Waals surface area contributed by atoms with Gasteiger partial charge in [0.15, 0.2) is 11.6 Å². The van der Waals surface area contributed by atoms with Crippen molar-refractivity contribution < 1.29 is 26.3 Å². The van der Waals surface area contributed by atoms with Crippen LogP contribution >= 0.6 is 0 Å². The molecule has 2 atom stereocenters. The van der Waals surface area contributed by atoms with Gasteiger partial charge in [0.1, 0.15) is 23.3 Å². The molecule has 0 aliphatic rings. The Kier molecular flexibility index (Phi) is 9.68. The SMILES string of the molecule is Cc1cc([C@@](C)(CCC(C)(C)c2ccc(F)cc2F)CC[C@](C)(c2ccc(F)cc2)C(C)(C)c2ccc(F)c(F)c2)ccc1F. The molecule has 4 rings (SSSR count). The van der Waals surface area contributed by atoms with Crippen LogP contribution in [-0.2, 0) is 21.7 Å². The normalized spacial score (nSPS) is 15.0. The Morgan fingerprint density at radius 3 is 1.62 bits per heavy atom. The first-order valence-corrected chi connectivity index (χ1v) is 15.3. The first-order valence-electron chi connectivity index (χ1n) is 15.3. The van der Waals surface area contributed by atoms with Gasteiger partial charge in [0.05, 0.1) is 0 Å². The van der Waals surface area contributed by atoms with Crippen LogP contribution in [0.5, 0.6) is 0 Å². The lowest BCUT2D eigenvalue weighted by molar-refractivity contribution is 0.217. The Bertz CT molecular complexity index is 1660. The molecule has 0 amide bonds. The Balaban J connectivity index is 1.77. The van der Waals surface area contributed by atoms with E-state index in [1.165, 1.54) is 36.4 Å². The minimum absolute atomic E-state index is 0.314. The summed E-state index contributed by atoms with van der Waals surface area (Å²) in [6, 6.07) is 18.9. The zero-order chi connectivity index (χ0) is 33.4. The van der Waals surface area contributed by atoms with E-state index in [1.54, 1.807) is 31.2 Å². The molecule has 0 radical (unpaired) electrons. The molecule has 0 bridgehead atoms. The van der Waals surface area contributed by atoms with Crippen molar-refractivity contribution in [1.82, 2.24) is 0 Å². The van der Waals surface area contributed by atoms with Crippen LogP contribution in [0.4, 0.5) is 26.3 Å². The fraction of sp³-hybridized carbons (Fsp3) is 0.385. The topological polar surface area (TPSA) is 0 Å². The van der Waals surface area contributed by atoms with E-state index in [9.17, 15) is 26.3 Å². The highest BCUT2D eigenvalue weighted by Crippen LogP contribution is 2.50. The molecule has 6 heteroatoms. The monoisotopic (exact) mass is 624 g/mol. The van der Waals surface area contributed by atoms with E-state index >= 15 is 0 Å². The highest BCUT2D eigenvalue weighted by atomic mass is 19.2. The molecule has 0 saturated carbocycles. The van der Waals surface area contributed by atoms with Crippen molar-refractivity contribution in [2.45, 2.75) is 95.8 Å². The number of hydrogen-bond acceptors (Lipinski definition) is 0. The van der Waals surface area contributed by atoms with Gasteiger partial charge < -0.3 is 0 Å². The average molecular weight is 625 g/mol. The van der Waals surface area contributed by atoms with Crippen LogP contribution in [-0.4, -0.2) is 0 Å². The Hall–Kier alpha value is -3.54. The maximum atomic E-state index is 14.9. The summed E-state index contributed by atoms with van der Waals surface area (Å²) in [4.78, 5) is 0. The van der Waals surface area contributed by atoms with Gasteiger partial charge in [-0.05, 0) is 113 Å². The molecular weight excluding hydrogens is 582 g/mol. The first-order chi connectivity index (χ1) is 20.9. The van der Waals surface area contributed by atoms with Gasteiger partial charge in [0.2, 0.25) is 0 Å². The summed E-state index contributed by atoms with van der Waals surface area (Å²) < 4.78 is 85.6. The third-order valence-electron chi connectivity index (χ3n) is 10.5. The van der Waals surface area contributed by atoms with Gasteiger partial charge in [-0.15, -0.1) is 0 Å². The van der Waals surface area contributed by atoms with Crippen LogP contribution < -0.4 is 0 Å². The van der Waals surface area contributed by atoms with Gasteiger partial charge >= 0.3 is 0 Å². The maximum absolute atomic E-state index is 14.9. The van der Waals surface area contributed by atoms with Crippen molar-refractivity contribution >= 4 is 0 Å². The lowest BCUT2D eigenvalue weighted by Gasteiger charge is -2.48. The summed E-state index contributed by atoms with van der Waals surface area (Å²) in [6.45, 7) is 13.7. The summed E-state index contributed by atoms with van der Waals surface area (Å²) in [5.41, 5.74) is 0.671. The molecule has 0 heterocycles. The molecule has 4 aromatic carbocycles. The minimum atomic E-state index is -0.941. The number of halogens is 6. The van der Waals surface area contributed by atoms with Crippen molar-refractivity contribution in [2.24, 2.45) is 0 Å². The zero-order valence-electron chi connectivity index (χ0n) is 27.1. The second-order valence-corrected chi connectivity index (χ2v) is 14.1. The van der Waals surface area contributed by atoms with Gasteiger partial charge in [-0.2, -0.15) is 0 Å². The highest BCUT2D eigenvalue weighted by molar-refractivity contribution is 5.39. The number of rotatable bonds is 11. The van der Waals surface area contributed by atoms with Crippen LogP contribution in [0.15, 0.2) is 78.9 Å². The molecule has 0 saturated heterocycles. The van der Waals surface area contributed by atoms with Crippen LogP contribution in [0.25, 0.3) is 0 Å². The van der Waals surface area contributed by atoms with E-state index in [0.29, 0.717) is 42.4 Å². The highest BCUT2D eigenvalue weighted by Gasteiger charge is 2.45. The Labute approximate surface area is 263 Å². The lowest BCUT2D eigenvalue weighted by atomic mass is 9.56. The number of benzene rings is 4. The Morgan fingerprint density at radius 2 is 1.02 bits per heavy atom. The van der Waals surface area contributed by atoms with Crippen molar-refractivity contribution in [3.05, 3.63) is 142 Å². The molecule has 0 unspecified atom stereocenters. The quantitative estimate of drug-likeness (QED) is 0.146. The van der Waals surface area contributed by atoms with Gasteiger partial charge in [-0.1, -0.05) is 77.9 Å². The van der Waals surface area contributed by atoms with Crippen molar-refractivity contribution in [1.29, 1.82) is 0 Å². The third kappa shape index (κ3) is 7.00. The molecule has 0 aliphatic carbocycles. The van der Waals surface area contributed by atoms with Gasteiger partial charge in [-0.25, -0.2) is 26.3 Å². The van der Waals surface area contributed by atoms with Crippen molar-refractivity contribution in [2.75, 3.05) is 0 Å². The molecule has 0 aromatic heterocycles. The molecule has 0 N–H and O–H groups in total. The number of hydrogen-bond donors (Lipinski definition) is 0. The van der Waals surface area contributed by atoms with E-state index in [2.05, 4.69) is 13.8 Å². The molecule has 240 valence electrons.